The SMILES string of the molecule is Cc1ccc([C@H](Nc2nc3nsnc3nc2Nc2ccc(Cl)c(S(=O)(=O)N(C)C)c2O)C(C)(C)C)s1. The van der Waals surface area contributed by atoms with Gasteiger partial charge in [-0.25, -0.2) is 22.7 Å². The van der Waals surface area contributed by atoms with Crippen LogP contribution in [-0.4, -0.2) is 50.6 Å². The number of hydrogen-bond acceptors (Lipinski definition) is 11. The summed E-state index contributed by atoms with van der Waals surface area (Å²) in [6.45, 7) is 8.40. The van der Waals surface area contributed by atoms with Crippen molar-refractivity contribution in [3.05, 3.63) is 39.0 Å². The smallest absolute Gasteiger partial charge is 0.247 e. The molecule has 4 aromatic rings. The van der Waals surface area contributed by atoms with Crippen LogP contribution in [0.25, 0.3) is 11.3 Å². The molecule has 0 spiro atoms. The number of sulfonamides is 1. The molecule has 0 radical (unpaired) electrons. The van der Waals surface area contributed by atoms with Gasteiger partial charge in [-0.2, -0.15) is 8.75 Å². The molecular weight excluding hydrogens is 542 g/mol. The molecule has 0 aliphatic rings. The number of aryl methyl sites for hydroxylation is 1. The van der Waals surface area contributed by atoms with Gasteiger partial charge in [-0.1, -0.05) is 32.4 Å². The highest BCUT2D eigenvalue weighted by Crippen LogP contribution is 2.42. The third kappa shape index (κ3) is 5.11. The van der Waals surface area contributed by atoms with E-state index in [4.69, 9.17) is 11.6 Å². The van der Waals surface area contributed by atoms with Crippen molar-refractivity contribution in [2.24, 2.45) is 5.41 Å². The number of nitrogens with one attached hydrogen (secondary N) is 2. The van der Waals surface area contributed by atoms with E-state index in [0.29, 0.717) is 17.1 Å². The van der Waals surface area contributed by atoms with Gasteiger partial charge in [-0.05, 0) is 36.6 Å². The van der Waals surface area contributed by atoms with E-state index in [1.165, 1.54) is 31.1 Å². The lowest BCUT2D eigenvalue weighted by atomic mass is 9.86. The highest BCUT2D eigenvalue weighted by Gasteiger charge is 2.31. The Balaban J connectivity index is 1.82. The first-order valence-electron chi connectivity index (χ1n) is 10.8. The first-order chi connectivity index (χ1) is 16.8. The van der Waals surface area contributed by atoms with E-state index in [1.807, 2.05) is 0 Å². The number of aromatic nitrogens is 4. The summed E-state index contributed by atoms with van der Waals surface area (Å²) in [5.41, 5.74) is 0.598. The summed E-state index contributed by atoms with van der Waals surface area (Å²) in [5, 5.41) is 17.3. The molecule has 10 nitrogen and oxygen atoms in total. The van der Waals surface area contributed by atoms with Crippen LogP contribution in [0.1, 0.15) is 36.6 Å². The maximum Gasteiger partial charge on any atom is 0.247 e. The van der Waals surface area contributed by atoms with Gasteiger partial charge in [-0.15, -0.1) is 11.3 Å². The number of phenolic OH excluding ortho intramolecular Hbond substituents is 1. The van der Waals surface area contributed by atoms with E-state index in [0.717, 1.165) is 20.9 Å². The average Bonchev–Trinajstić information content (AvgIpc) is 3.41. The van der Waals surface area contributed by atoms with E-state index in [9.17, 15) is 13.5 Å². The van der Waals surface area contributed by atoms with Crippen molar-refractivity contribution in [1.82, 2.24) is 23.0 Å². The standard InChI is InChI=1S/C22H26ClN7O3S3/c1-11-7-10-14(34-11)17(22(2,3)4)25-19-18(26-20-21(27-19)29-35-28-20)24-13-9-8-12(23)16(15(13)31)36(32,33)30(5)6/h7-10,17,31H,1-6H3,(H,24,26,28)(H,25,27,29)/t17-/m0/s1. The second-order valence-electron chi connectivity index (χ2n) is 9.41. The molecule has 0 saturated carbocycles. The number of benzene rings is 1. The number of rotatable bonds is 7. The van der Waals surface area contributed by atoms with Crippen LogP contribution >= 0.6 is 34.7 Å². The molecule has 0 bridgehead atoms. The Morgan fingerprint density at radius 3 is 2.25 bits per heavy atom. The number of phenols is 1. The summed E-state index contributed by atoms with van der Waals surface area (Å²) in [7, 11) is -1.30. The minimum absolute atomic E-state index is 0.0963. The number of halogens is 1. The van der Waals surface area contributed by atoms with Gasteiger partial charge in [0.15, 0.2) is 17.4 Å². The van der Waals surface area contributed by atoms with Crippen LogP contribution in [0.3, 0.4) is 0 Å². The Morgan fingerprint density at radius 2 is 1.69 bits per heavy atom. The molecule has 0 unspecified atom stereocenters. The number of anilines is 3. The second kappa shape index (κ2) is 9.71. The Hall–Kier alpha value is -2.58. The Morgan fingerprint density at radius 1 is 1.06 bits per heavy atom. The number of fused-ring (bicyclic) bond motifs is 1. The van der Waals surface area contributed by atoms with Crippen LogP contribution in [0.2, 0.25) is 5.02 Å². The van der Waals surface area contributed by atoms with Crippen molar-refractivity contribution in [3.63, 3.8) is 0 Å². The highest BCUT2D eigenvalue weighted by molar-refractivity contribution is 7.89. The van der Waals surface area contributed by atoms with E-state index in [2.05, 4.69) is 69.2 Å². The van der Waals surface area contributed by atoms with Crippen molar-refractivity contribution in [2.45, 2.75) is 38.6 Å². The zero-order chi connectivity index (χ0) is 26.4. The molecule has 14 heteroatoms. The molecule has 3 heterocycles. The molecule has 36 heavy (non-hydrogen) atoms. The lowest BCUT2D eigenvalue weighted by molar-refractivity contribution is 0.351. The maximum atomic E-state index is 12.8. The Kier molecular flexibility index (Phi) is 7.14. The van der Waals surface area contributed by atoms with E-state index >= 15 is 0 Å². The molecule has 192 valence electrons. The summed E-state index contributed by atoms with van der Waals surface area (Å²) in [4.78, 5) is 11.1. The molecule has 0 aliphatic carbocycles. The van der Waals surface area contributed by atoms with Crippen LogP contribution in [0.15, 0.2) is 29.2 Å². The summed E-state index contributed by atoms with van der Waals surface area (Å²) in [5.74, 6) is 0.109. The number of aromatic hydroxyl groups is 1. The van der Waals surface area contributed by atoms with Gasteiger partial charge < -0.3 is 15.7 Å². The molecular formula is C22H26ClN7O3S3. The number of hydrogen-bond donors (Lipinski definition) is 3. The van der Waals surface area contributed by atoms with Gasteiger partial charge >= 0.3 is 0 Å². The second-order valence-corrected chi connectivity index (χ2v) is 13.8. The Labute approximate surface area is 222 Å². The summed E-state index contributed by atoms with van der Waals surface area (Å²) in [6, 6.07) is 6.90. The van der Waals surface area contributed by atoms with Crippen LogP contribution in [-0.2, 0) is 10.0 Å². The van der Waals surface area contributed by atoms with Crippen molar-refractivity contribution < 1.29 is 13.5 Å². The number of thiophene rings is 1. The molecule has 0 amide bonds. The quantitative estimate of drug-likeness (QED) is 0.251. The third-order valence-electron chi connectivity index (χ3n) is 5.38. The van der Waals surface area contributed by atoms with Crippen LogP contribution in [0, 0.1) is 12.3 Å². The van der Waals surface area contributed by atoms with Crippen LogP contribution in [0.5, 0.6) is 5.75 Å². The maximum absolute atomic E-state index is 12.8. The van der Waals surface area contributed by atoms with Gasteiger partial charge in [0.25, 0.3) is 0 Å². The Bertz CT molecular complexity index is 1530. The zero-order valence-corrected chi connectivity index (χ0v) is 23.7. The normalized spacial score (nSPS) is 13.3. The van der Waals surface area contributed by atoms with Crippen molar-refractivity contribution in [1.29, 1.82) is 0 Å². The van der Waals surface area contributed by atoms with Gasteiger partial charge in [0.2, 0.25) is 21.3 Å². The predicted octanol–water partition coefficient (Wildman–Crippen LogP) is 5.40. The summed E-state index contributed by atoms with van der Waals surface area (Å²) < 4.78 is 35.0. The largest absolute Gasteiger partial charge is 0.504 e. The first-order valence-corrected chi connectivity index (χ1v) is 14.2. The molecule has 1 atom stereocenters. The molecule has 4 rings (SSSR count). The summed E-state index contributed by atoms with van der Waals surface area (Å²) >= 11 is 8.84. The fourth-order valence-corrected chi connectivity index (χ4v) is 6.58. The first kappa shape index (κ1) is 26.5. The molecule has 0 saturated heterocycles. The van der Waals surface area contributed by atoms with Gasteiger partial charge in [0, 0.05) is 23.8 Å². The fourth-order valence-electron chi connectivity index (χ4n) is 3.49. The molecule has 0 fully saturated rings. The minimum Gasteiger partial charge on any atom is -0.504 e. The zero-order valence-electron chi connectivity index (χ0n) is 20.5. The molecule has 0 aliphatic heterocycles. The monoisotopic (exact) mass is 567 g/mol. The van der Waals surface area contributed by atoms with E-state index < -0.39 is 20.7 Å². The topological polar surface area (TPSA) is 133 Å². The molecule has 3 N–H and O–H groups in total. The molecule has 3 aromatic heterocycles. The van der Waals surface area contributed by atoms with Gasteiger partial charge in [0.05, 0.1) is 28.5 Å². The lowest BCUT2D eigenvalue weighted by Crippen LogP contribution is -2.26. The van der Waals surface area contributed by atoms with Gasteiger partial charge in [-0.3, -0.25) is 0 Å². The van der Waals surface area contributed by atoms with Gasteiger partial charge in [0.1, 0.15) is 4.90 Å². The summed E-state index contributed by atoms with van der Waals surface area (Å²) in [6.07, 6.45) is 0. The van der Waals surface area contributed by atoms with E-state index in [-0.39, 0.29) is 28.0 Å². The number of nitrogens with zero attached hydrogens (tertiary/aromatic N) is 5. The van der Waals surface area contributed by atoms with Crippen molar-refractivity contribution >= 4 is 73.3 Å². The van der Waals surface area contributed by atoms with Crippen molar-refractivity contribution in [2.75, 3.05) is 24.7 Å². The molecule has 1 aromatic carbocycles. The minimum atomic E-state index is -4.02. The predicted molar refractivity (Wildman–Crippen MR) is 145 cm³/mol. The highest BCUT2D eigenvalue weighted by atomic mass is 35.5. The van der Waals surface area contributed by atoms with Crippen LogP contribution < -0.4 is 10.6 Å². The van der Waals surface area contributed by atoms with E-state index in [1.54, 1.807) is 11.3 Å². The van der Waals surface area contributed by atoms with Crippen LogP contribution in [0.4, 0.5) is 17.3 Å². The third-order valence-corrected chi connectivity index (χ3v) is 9.27. The van der Waals surface area contributed by atoms with Crippen molar-refractivity contribution in [3.8, 4) is 5.75 Å². The average molecular weight is 568 g/mol. The lowest BCUT2D eigenvalue weighted by Gasteiger charge is -2.31. The fraction of sp³-hybridized carbons (Fsp3) is 0.364.